The third-order valence-electron chi connectivity index (χ3n) is 6.84. The Bertz CT molecular complexity index is 1600. The molecule has 0 saturated heterocycles. The molecule has 5 heteroatoms. The van der Waals surface area contributed by atoms with Gasteiger partial charge in [0.15, 0.2) is 7.26 Å². The zero-order chi connectivity index (χ0) is 27.2. The fourth-order valence-corrected chi connectivity index (χ4v) is 9.03. The molecule has 40 heavy (non-hydrogen) atoms. The first kappa shape index (κ1) is 25.5. The second-order valence-electron chi connectivity index (χ2n) is 9.50. The predicted octanol–water partition coefficient (Wildman–Crippen LogP) is 6.72. The van der Waals surface area contributed by atoms with Gasteiger partial charge in [-0.25, -0.2) is 5.43 Å². The molecule has 0 saturated carbocycles. The Kier molecular flexibility index (Phi) is 7.34. The van der Waals surface area contributed by atoms with Gasteiger partial charge in [0, 0.05) is 5.56 Å². The van der Waals surface area contributed by atoms with E-state index in [2.05, 4.69) is 121 Å². The van der Waals surface area contributed by atoms with Crippen LogP contribution in [0, 0.1) is 6.92 Å². The molecule has 4 nitrogen and oxygen atoms in total. The van der Waals surface area contributed by atoms with Gasteiger partial charge in [0.05, 0.1) is 6.21 Å². The van der Waals surface area contributed by atoms with Crippen molar-refractivity contribution < 1.29 is 4.42 Å². The van der Waals surface area contributed by atoms with E-state index in [0.717, 1.165) is 16.6 Å². The maximum absolute atomic E-state index is 6.52. The van der Waals surface area contributed by atoms with Crippen molar-refractivity contribution in [2.75, 3.05) is 5.43 Å². The molecule has 0 radical (unpaired) electrons. The van der Waals surface area contributed by atoms with Crippen molar-refractivity contribution in [2.45, 2.75) is 6.92 Å². The van der Waals surface area contributed by atoms with Gasteiger partial charge in [-0.2, -0.15) is 10.1 Å². The fourth-order valence-electron chi connectivity index (χ4n) is 4.90. The zero-order valence-electron chi connectivity index (χ0n) is 22.2. The maximum Gasteiger partial charge on any atom is 0.280 e. The molecule has 0 bridgehead atoms. The molecule has 5 aromatic carbocycles. The number of hydrazone groups is 1. The summed E-state index contributed by atoms with van der Waals surface area (Å²) in [6, 6.07) is 50.2. The highest BCUT2D eigenvalue weighted by molar-refractivity contribution is 8.01. The lowest BCUT2D eigenvalue weighted by molar-refractivity contribution is 0.588. The molecular weight excluding hydrogens is 509 g/mol. The Hall–Kier alpha value is -4.79. The standard InChI is InChI=1S/C35H29N3OP/c1-27-22-24-28(25-23-27)26-36-38-34-35(37-33(39-34)29-14-6-2-7-15-29)40(30-16-8-3-9-17-30,31-18-10-4-11-19-31)32-20-12-5-13-21-32/h2-26,38H,1H3/q+1. The van der Waals surface area contributed by atoms with Gasteiger partial charge in [-0.05, 0) is 61.0 Å². The molecule has 0 spiro atoms. The summed E-state index contributed by atoms with van der Waals surface area (Å²) in [5.74, 6) is 1.09. The Labute approximate surface area is 235 Å². The first-order valence-corrected chi connectivity index (χ1v) is 15.0. The van der Waals surface area contributed by atoms with Crippen LogP contribution in [0.1, 0.15) is 11.1 Å². The van der Waals surface area contributed by atoms with Gasteiger partial charge in [0.1, 0.15) is 15.9 Å². The first-order valence-electron chi connectivity index (χ1n) is 13.2. The van der Waals surface area contributed by atoms with Crippen LogP contribution < -0.4 is 26.8 Å². The highest BCUT2D eigenvalue weighted by Crippen LogP contribution is 2.55. The summed E-state index contributed by atoms with van der Waals surface area (Å²) in [7, 11) is -2.50. The number of anilines is 1. The summed E-state index contributed by atoms with van der Waals surface area (Å²) < 4.78 is 6.52. The van der Waals surface area contributed by atoms with Crippen molar-refractivity contribution in [1.29, 1.82) is 0 Å². The van der Waals surface area contributed by atoms with E-state index in [9.17, 15) is 0 Å². The third-order valence-corrected chi connectivity index (χ3v) is 11.0. The molecule has 0 atom stereocenters. The largest absolute Gasteiger partial charge is 0.415 e. The average molecular weight is 539 g/mol. The molecule has 0 unspecified atom stereocenters. The van der Waals surface area contributed by atoms with E-state index in [0.29, 0.717) is 11.8 Å². The minimum Gasteiger partial charge on any atom is -0.415 e. The van der Waals surface area contributed by atoms with Gasteiger partial charge in [-0.1, -0.05) is 103 Å². The molecule has 194 valence electrons. The van der Waals surface area contributed by atoms with Gasteiger partial charge >= 0.3 is 0 Å². The summed E-state index contributed by atoms with van der Waals surface area (Å²) >= 11 is 0. The summed E-state index contributed by atoms with van der Waals surface area (Å²) in [6.07, 6.45) is 1.81. The molecule has 0 aliphatic rings. The van der Waals surface area contributed by atoms with Gasteiger partial charge in [0.25, 0.3) is 11.3 Å². The van der Waals surface area contributed by atoms with Crippen LogP contribution in [-0.4, -0.2) is 11.2 Å². The molecule has 1 N–H and O–H groups in total. The van der Waals surface area contributed by atoms with E-state index < -0.39 is 7.26 Å². The smallest absolute Gasteiger partial charge is 0.280 e. The number of nitrogens with zero attached hydrogens (tertiary/aromatic N) is 2. The topological polar surface area (TPSA) is 50.4 Å². The Morgan fingerprint density at radius 3 is 1.60 bits per heavy atom. The fraction of sp³-hybridized carbons (Fsp3) is 0.0286. The van der Waals surface area contributed by atoms with E-state index >= 15 is 0 Å². The van der Waals surface area contributed by atoms with Crippen LogP contribution >= 0.6 is 7.26 Å². The normalized spacial score (nSPS) is 11.5. The number of oxazole rings is 1. The van der Waals surface area contributed by atoms with Gasteiger partial charge in [-0.15, -0.1) is 0 Å². The number of rotatable bonds is 8. The van der Waals surface area contributed by atoms with E-state index in [4.69, 9.17) is 9.40 Å². The first-order chi connectivity index (χ1) is 19.7. The van der Waals surface area contributed by atoms with Crippen LogP contribution in [0.3, 0.4) is 0 Å². The molecule has 0 fully saturated rings. The van der Waals surface area contributed by atoms with Crippen LogP contribution in [0.25, 0.3) is 11.5 Å². The summed E-state index contributed by atoms with van der Waals surface area (Å²) in [5.41, 5.74) is 7.21. The molecule has 6 aromatic rings. The molecule has 6 rings (SSSR count). The van der Waals surface area contributed by atoms with Gasteiger partial charge < -0.3 is 4.42 Å². The number of nitrogens with one attached hydrogen (secondary N) is 1. The maximum atomic E-state index is 6.52. The number of benzene rings is 5. The van der Waals surface area contributed by atoms with Crippen LogP contribution in [0.15, 0.2) is 155 Å². The SMILES string of the molecule is Cc1ccc(C=NNc2oc(-c3ccccc3)nc2[P+](c2ccccc2)(c2ccccc2)c2ccccc2)cc1. The lowest BCUT2D eigenvalue weighted by Crippen LogP contribution is -2.40. The molecule has 1 heterocycles. The van der Waals surface area contributed by atoms with Crippen LogP contribution in [-0.2, 0) is 0 Å². The van der Waals surface area contributed by atoms with Crippen LogP contribution in [0.5, 0.6) is 0 Å². The number of hydrogen-bond acceptors (Lipinski definition) is 4. The van der Waals surface area contributed by atoms with Gasteiger partial charge in [-0.3, -0.25) is 0 Å². The summed E-state index contributed by atoms with van der Waals surface area (Å²) in [4.78, 5) is 5.27. The Morgan fingerprint density at radius 2 is 1.10 bits per heavy atom. The Morgan fingerprint density at radius 1 is 0.625 bits per heavy atom. The van der Waals surface area contributed by atoms with E-state index in [-0.39, 0.29) is 0 Å². The van der Waals surface area contributed by atoms with Crippen molar-refractivity contribution >= 4 is 40.7 Å². The second kappa shape index (κ2) is 11.5. The van der Waals surface area contributed by atoms with E-state index in [1.807, 2.05) is 48.7 Å². The minimum absolute atomic E-state index is 0.534. The van der Waals surface area contributed by atoms with Crippen molar-refractivity contribution in [3.8, 4) is 11.5 Å². The van der Waals surface area contributed by atoms with Crippen LogP contribution in [0.4, 0.5) is 5.88 Å². The van der Waals surface area contributed by atoms with Gasteiger partial charge in [0.2, 0.25) is 5.89 Å². The summed E-state index contributed by atoms with van der Waals surface area (Å²) in [6.45, 7) is 2.07. The Balaban J connectivity index is 1.60. The van der Waals surface area contributed by atoms with Crippen molar-refractivity contribution in [3.63, 3.8) is 0 Å². The van der Waals surface area contributed by atoms with Crippen molar-refractivity contribution in [2.24, 2.45) is 5.10 Å². The number of hydrogen-bond donors (Lipinski definition) is 1. The zero-order valence-corrected chi connectivity index (χ0v) is 23.1. The number of aromatic nitrogens is 1. The van der Waals surface area contributed by atoms with E-state index in [1.54, 1.807) is 0 Å². The highest BCUT2D eigenvalue weighted by atomic mass is 31.2. The molecule has 0 aliphatic carbocycles. The molecule has 0 amide bonds. The van der Waals surface area contributed by atoms with E-state index in [1.165, 1.54) is 21.5 Å². The monoisotopic (exact) mass is 538 g/mol. The lowest BCUT2D eigenvalue weighted by Gasteiger charge is -2.25. The minimum atomic E-state index is -2.50. The van der Waals surface area contributed by atoms with Crippen molar-refractivity contribution in [1.82, 2.24) is 4.98 Å². The summed E-state index contributed by atoms with van der Waals surface area (Å²) in [5, 5.41) is 8.17. The molecule has 0 aliphatic heterocycles. The highest BCUT2D eigenvalue weighted by Gasteiger charge is 2.53. The quantitative estimate of drug-likeness (QED) is 0.133. The average Bonchev–Trinajstić information content (AvgIpc) is 3.45. The molecule has 1 aromatic heterocycles. The number of aryl methyl sites for hydroxylation is 1. The second-order valence-corrected chi connectivity index (χ2v) is 12.8. The third kappa shape index (κ3) is 4.98. The molecular formula is C35H29N3OP+. The predicted molar refractivity (Wildman–Crippen MR) is 169 cm³/mol. The lowest BCUT2D eigenvalue weighted by atomic mass is 10.2. The van der Waals surface area contributed by atoms with Crippen LogP contribution in [0.2, 0.25) is 0 Å². The van der Waals surface area contributed by atoms with Crippen molar-refractivity contribution in [3.05, 3.63) is 157 Å².